The van der Waals surface area contributed by atoms with Gasteiger partial charge in [0, 0.05) is 19.5 Å². The van der Waals surface area contributed by atoms with Crippen molar-refractivity contribution in [1.29, 1.82) is 0 Å². The van der Waals surface area contributed by atoms with Gasteiger partial charge in [0.15, 0.2) is 0 Å². The summed E-state index contributed by atoms with van der Waals surface area (Å²) < 4.78 is 0. The standard InChI is InChI=1S/C14H25NO3/c1-4-14(5-2,13(17)18)9-12(16)15(6-3)10-11-7-8-11/h11H,4-10H2,1-3H3,(H,17,18). The zero-order valence-electron chi connectivity index (χ0n) is 11.7. The average molecular weight is 255 g/mol. The molecule has 0 heterocycles. The molecule has 1 aliphatic rings. The molecule has 1 fully saturated rings. The van der Waals surface area contributed by atoms with E-state index in [9.17, 15) is 14.7 Å². The molecule has 0 saturated heterocycles. The van der Waals surface area contributed by atoms with Crippen LogP contribution in [0, 0.1) is 11.3 Å². The average Bonchev–Trinajstić information content (AvgIpc) is 3.16. The van der Waals surface area contributed by atoms with E-state index in [4.69, 9.17) is 0 Å². The molecule has 4 nitrogen and oxygen atoms in total. The van der Waals surface area contributed by atoms with Gasteiger partial charge in [-0.25, -0.2) is 0 Å². The molecule has 0 aromatic rings. The molecule has 0 aliphatic heterocycles. The van der Waals surface area contributed by atoms with Crippen molar-refractivity contribution in [2.75, 3.05) is 13.1 Å². The Morgan fingerprint density at radius 2 is 1.78 bits per heavy atom. The highest BCUT2D eigenvalue weighted by Crippen LogP contribution is 2.33. The fraction of sp³-hybridized carbons (Fsp3) is 0.857. The number of amides is 1. The van der Waals surface area contributed by atoms with E-state index in [0.717, 1.165) is 6.54 Å². The summed E-state index contributed by atoms with van der Waals surface area (Å²) in [5.41, 5.74) is -0.881. The van der Waals surface area contributed by atoms with E-state index in [1.165, 1.54) is 12.8 Å². The third-order valence-corrected chi connectivity index (χ3v) is 4.21. The van der Waals surface area contributed by atoms with Crippen molar-refractivity contribution in [3.8, 4) is 0 Å². The highest BCUT2D eigenvalue weighted by atomic mass is 16.4. The number of carbonyl (C=O) groups excluding carboxylic acids is 1. The van der Waals surface area contributed by atoms with E-state index in [1.807, 2.05) is 25.7 Å². The third kappa shape index (κ3) is 3.47. The fourth-order valence-electron chi connectivity index (χ4n) is 2.30. The highest BCUT2D eigenvalue weighted by molar-refractivity contribution is 5.85. The summed E-state index contributed by atoms with van der Waals surface area (Å²) in [5.74, 6) is -0.199. The summed E-state index contributed by atoms with van der Waals surface area (Å²) in [6.45, 7) is 7.14. The Balaban J connectivity index is 2.66. The minimum atomic E-state index is -0.881. The molecular weight excluding hydrogens is 230 g/mol. The molecular formula is C14H25NO3. The van der Waals surface area contributed by atoms with Crippen LogP contribution in [0.15, 0.2) is 0 Å². The van der Waals surface area contributed by atoms with E-state index in [0.29, 0.717) is 25.3 Å². The first-order valence-corrected chi connectivity index (χ1v) is 7.00. The Hall–Kier alpha value is -1.06. The van der Waals surface area contributed by atoms with Gasteiger partial charge in [-0.2, -0.15) is 0 Å². The van der Waals surface area contributed by atoms with Gasteiger partial charge in [0.05, 0.1) is 5.41 Å². The SMILES string of the molecule is CCN(CC1CC1)C(=O)CC(CC)(CC)C(=O)O. The van der Waals surface area contributed by atoms with E-state index >= 15 is 0 Å². The minimum Gasteiger partial charge on any atom is -0.481 e. The molecule has 18 heavy (non-hydrogen) atoms. The Labute approximate surface area is 109 Å². The summed E-state index contributed by atoms with van der Waals surface area (Å²) in [6, 6.07) is 0. The van der Waals surface area contributed by atoms with Crippen molar-refractivity contribution >= 4 is 11.9 Å². The Morgan fingerprint density at radius 3 is 2.11 bits per heavy atom. The number of hydrogen-bond donors (Lipinski definition) is 1. The predicted octanol–water partition coefficient (Wildman–Crippen LogP) is 2.53. The molecule has 0 aromatic carbocycles. The molecule has 1 aliphatic carbocycles. The Kier molecular flexibility index (Phi) is 5.17. The Morgan fingerprint density at radius 1 is 1.22 bits per heavy atom. The maximum Gasteiger partial charge on any atom is 0.310 e. The molecule has 1 N–H and O–H groups in total. The van der Waals surface area contributed by atoms with Crippen LogP contribution in [0.4, 0.5) is 0 Å². The van der Waals surface area contributed by atoms with Crippen LogP contribution in [0.2, 0.25) is 0 Å². The number of rotatable bonds is 8. The van der Waals surface area contributed by atoms with Gasteiger partial charge in [0.2, 0.25) is 5.91 Å². The van der Waals surface area contributed by atoms with Crippen LogP contribution in [-0.4, -0.2) is 35.0 Å². The van der Waals surface area contributed by atoms with Crippen LogP contribution in [0.3, 0.4) is 0 Å². The van der Waals surface area contributed by atoms with Gasteiger partial charge in [-0.15, -0.1) is 0 Å². The second-order valence-electron chi connectivity index (χ2n) is 5.35. The summed E-state index contributed by atoms with van der Waals surface area (Å²) in [7, 11) is 0. The van der Waals surface area contributed by atoms with E-state index in [2.05, 4.69) is 0 Å². The normalized spacial score (nSPS) is 15.5. The monoisotopic (exact) mass is 255 g/mol. The molecule has 0 aromatic heterocycles. The lowest BCUT2D eigenvalue weighted by atomic mass is 9.79. The van der Waals surface area contributed by atoms with Crippen molar-refractivity contribution in [2.24, 2.45) is 11.3 Å². The fourth-order valence-corrected chi connectivity index (χ4v) is 2.30. The molecule has 0 radical (unpaired) electrons. The van der Waals surface area contributed by atoms with Gasteiger partial charge in [-0.05, 0) is 38.5 Å². The first-order valence-electron chi connectivity index (χ1n) is 7.00. The lowest BCUT2D eigenvalue weighted by Crippen LogP contribution is -2.40. The maximum absolute atomic E-state index is 12.2. The number of carboxylic acid groups (broad SMARTS) is 1. The van der Waals surface area contributed by atoms with Gasteiger partial charge >= 0.3 is 5.97 Å². The van der Waals surface area contributed by atoms with Gasteiger partial charge in [-0.1, -0.05) is 13.8 Å². The molecule has 0 spiro atoms. The quantitative estimate of drug-likeness (QED) is 0.725. The van der Waals surface area contributed by atoms with E-state index in [1.54, 1.807) is 0 Å². The molecule has 4 heteroatoms. The van der Waals surface area contributed by atoms with Crippen molar-refractivity contribution in [3.05, 3.63) is 0 Å². The van der Waals surface area contributed by atoms with Crippen molar-refractivity contribution in [3.63, 3.8) is 0 Å². The molecule has 104 valence electrons. The molecule has 1 saturated carbocycles. The number of hydrogen-bond acceptors (Lipinski definition) is 2. The molecule has 0 atom stereocenters. The molecule has 1 rings (SSSR count). The largest absolute Gasteiger partial charge is 0.481 e. The Bertz CT molecular complexity index is 306. The van der Waals surface area contributed by atoms with Crippen LogP contribution < -0.4 is 0 Å². The first-order chi connectivity index (χ1) is 8.49. The first kappa shape index (κ1) is 15.0. The summed E-state index contributed by atoms with van der Waals surface area (Å²) >= 11 is 0. The van der Waals surface area contributed by atoms with Crippen LogP contribution >= 0.6 is 0 Å². The summed E-state index contributed by atoms with van der Waals surface area (Å²) in [4.78, 5) is 25.5. The van der Waals surface area contributed by atoms with Crippen molar-refractivity contribution < 1.29 is 14.7 Å². The zero-order valence-corrected chi connectivity index (χ0v) is 11.7. The smallest absolute Gasteiger partial charge is 0.310 e. The number of nitrogens with zero attached hydrogens (tertiary/aromatic N) is 1. The van der Waals surface area contributed by atoms with Crippen LogP contribution in [0.5, 0.6) is 0 Å². The van der Waals surface area contributed by atoms with Gasteiger partial charge in [0.1, 0.15) is 0 Å². The van der Waals surface area contributed by atoms with E-state index in [-0.39, 0.29) is 12.3 Å². The predicted molar refractivity (Wildman–Crippen MR) is 70.2 cm³/mol. The molecule has 0 bridgehead atoms. The topological polar surface area (TPSA) is 57.6 Å². The van der Waals surface area contributed by atoms with Crippen molar-refractivity contribution in [1.82, 2.24) is 4.90 Å². The number of carboxylic acids is 1. The van der Waals surface area contributed by atoms with Crippen LogP contribution in [-0.2, 0) is 9.59 Å². The molecule has 0 unspecified atom stereocenters. The summed E-state index contributed by atoms with van der Waals surface area (Å²) in [5, 5.41) is 9.35. The van der Waals surface area contributed by atoms with Crippen molar-refractivity contribution in [2.45, 2.75) is 52.9 Å². The molecule has 1 amide bonds. The van der Waals surface area contributed by atoms with E-state index < -0.39 is 11.4 Å². The van der Waals surface area contributed by atoms with Crippen LogP contribution in [0.1, 0.15) is 52.9 Å². The second-order valence-corrected chi connectivity index (χ2v) is 5.35. The lowest BCUT2D eigenvalue weighted by Gasteiger charge is -2.29. The van der Waals surface area contributed by atoms with Gasteiger partial charge < -0.3 is 10.0 Å². The zero-order chi connectivity index (χ0) is 13.8. The maximum atomic E-state index is 12.2. The van der Waals surface area contributed by atoms with Gasteiger partial charge in [-0.3, -0.25) is 9.59 Å². The summed E-state index contributed by atoms with van der Waals surface area (Å²) in [6.07, 6.45) is 3.55. The number of carbonyl (C=O) groups is 2. The minimum absolute atomic E-state index is 0.00417. The third-order valence-electron chi connectivity index (χ3n) is 4.21. The highest BCUT2D eigenvalue weighted by Gasteiger charge is 2.38. The lowest BCUT2D eigenvalue weighted by molar-refractivity contribution is -0.154. The van der Waals surface area contributed by atoms with Gasteiger partial charge in [0.25, 0.3) is 0 Å². The second kappa shape index (κ2) is 6.21. The number of aliphatic carboxylic acids is 1. The van der Waals surface area contributed by atoms with Crippen LogP contribution in [0.25, 0.3) is 0 Å².